The highest BCUT2D eigenvalue weighted by Crippen LogP contribution is 2.33. The summed E-state index contributed by atoms with van der Waals surface area (Å²) in [5.74, 6) is 0.220. The van der Waals surface area contributed by atoms with E-state index in [9.17, 15) is 13.6 Å². The Labute approximate surface area is 175 Å². The Kier molecular flexibility index (Phi) is 4.35. The van der Waals surface area contributed by atoms with Gasteiger partial charge < -0.3 is 19.8 Å². The van der Waals surface area contributed by atoms with Crippen LogP contribution in [0.2, 0.25) is 0 Å². The summed E-state index contributed by atoms with van der Waals surface area (Å²) in [6, 6.07) is 9.64. The number of ether oxygens (including phenoxy) is 1. The molecule has 0 saturated carbocycles. The lowest BCUT2D eigenvalue weighted by molar-refractivity contribution is -0.0498. The maximum atomic E-state index is 13.4. The minimum atomic E-state index is -2.90. The van der Waals surface area contributed by atoms with Gasteiger partial charge in [-0.2, -0.15) is 13.9 Å². The number of aromatic nitrogens is 4. The van der Waals surface area contributed by atoms with Gasteiger partial charge >= 0.3 is 6.61 Å². The van der Waals surface area contributed by atoms with E-state index in [1.807, 2.05) is 25.3 Å². The van der Waals surface area contributed by atoms with Gasteiger partial charge in [-0.05, 0) is 43.3 Å². The van der Waals surface area contributed by atoms with Crippen molar-refractivity contribution in [2.24, 2.45) is 0 Å². The molecule has 0 saturated heterocycles. The number of halogens is 2. The Morgan fingerprint density at radius 2 is 1.94 bits per heavy atom. The molecule has 5 rings (SSSR count). The van der Waals surface area contributed by atoms with Gasteiger partial charge in [0.05, 0.1) is 18.4 Å². The number of fused-ring (bicyclic) bond motifs is 2. The summed E-state index contributed by atoms with van der Waals surface area (Å²) in [4.78, 5) is 19.3. The molecule has 0 spiro atoms. The van der Waals surface area contributed by atoms with E-state index in [1.54, 1.807) is 38.5 Å². The molecule has 1 amide bonds. The number of hydrogen-bond acceptors (Lipinski definition) is 5. The zero-order valence-corrected chi connectivity index (χ0v) is 16.4. The molecule has 0 radical (unpaired) electrons. The van der Waals surface area contributed by atoms with E-state index in [2.05, 4.69) is 14.8 Å². The number of imidazole rings is 1. The predicted molar refractivity (Wildman–Crippen MR) is 110 cm³/mol. The van der Waals surface area contributed by atoms with Crippen LogP contribution < -0.4 is 15.4 Å². The smallest absolute Gasteiger partial charge is 0.387 e. The van der Waals surface area contributed by atoms with Gasteiger partial charge in [-0.1, -0.05) is 0 Å². The fourth-order valence-corrected chi connectivity index (χ4v) is 3.87. The average Bonchev–Trinajstić information content (AvgIpc) is 3.33. The molecule has 4 aromatic rings. The summed E-state index contributed by atoms with van der Waals surface area (Å²) in [7, 11) is 0. The van der Waals surface area contributed by atoms with Gasteiger partial charge in [0.2, 0.25) is 0 Å². The zero-order chi connectivity index (χ0) is 21.7. The van der Waals surface area contributed by atoms with Gasteiger partial charge in [0.25, 0.3) is 5.91 Å². The van der Waals surface area contributed by atoms with Gasteiger partial charge in [0.15, 0.2) is 0 Å². The van der Waals surface area contributed by atoms with Crippen LogP contribution in [0.5, 0.6) is 5.75 Å². The van der Waals surface area contributed by atoms with E-state index in [0.29, 0.717) is 35.0 Å². The molecule has 1 aromatic carbocycles. The number of anilines is 2. The van der Waals surface area contributed by atoms with Crippen LogP contribution in [0.25, 0.3) is 16.8 Å². The molecule has 31 heavy (non-hydrogen) atoms. The van der Waals surface area contributed by atoms with Gasteiger partial charge in [-0.25, -0.2) is 4.98 Å². The standard InChI is InChI=1S/C21H18F2N6O2/c1-12-9-28(14-3-5-15(6-4-14)31-21(22)23)20(30)19-16(8-25-29(12)19)13-2-7-18-26-17(24)11-27(18)10-13/h2-8,10-12,21H,9,24H2,1H3/t12-/m0/s1. The zero-order valence-electron chi connectivity index (χ0n) is 16.4. The van der Waals surface area contributed by atoms with E-state index < -0.39 is 6.61 Å². The molecule has 2 N–H and O–H groups in total. The first-order valence-corrected chi connectivity index (χ1v) is 9.59. The molecular formula is C21H18F2N6O2. The predicted octanol–water partition coefficient (Wildman–Crippen LogP) is 3.60. The number of carbonyl (C=O) groups excluding carboxylic acids is 1. The van der Waals surface area contributed by atoms with Crippen molar-refractivity contribution in [3.63, 3.8) is 0 Å². The van der Waals surface area contributed by atoms with Crippen LogP contribution in [0.3, 0.4) is 0 Å². The van der Waals surface area contributed by atoms with Crippen LogP contribution in [-0.4, -0.2) is 38.2 Å². The molecule has 0 bridgehead atoms. The molecule has 1 aliphatic heterocycles. The summed E-state index contributed by atoms with van der Waals surface area (Å²) >= 11 is 0. The van der Waals surface area contributed by atoms with Crippen molar-refractivity contribution in [2.75, 3.05) is 17.2 Å². The topological polar surface area (TPSA) is 90.7 Å². The lowest BCUT2D eigenvalue weighted by Gasteiger charge is -2.32. The number of pyridine rings is 1. The van der Waals surface area contributed by atoms with Crippen LogP contribution in [0.4, 0.5) is 20.3 Å². The number of benzene rings is 1. The third-order valence-electron chi connectivity index (χ3n) is 5.26. The van der Waals surface area contributed by atoms with Crippen LogP contribution >= 0.6 is 0 Å². The second-order valence-electron chi connectivity index (χ2n) is 7.34. The Morgan fingerprint density at radius 1 is 1.16 bits per heavy atom. The fourth-order valence-electron chi connectivity index (χ4n) is 3.87. The first kappa shape index (κ1) is 19.0. The van der Waals surface area contributed by atoms with Crippen molar-refractivity contribution < 1.29 is 18.3 Å². The molecule has 10 heteroatoms. The van der Waals surface area contributed by atoms with E-state index in [4.69, 9.17) is 5.73 Å². The molecule has 1 atom stereocenters. The summed E-state index contributed by atoms with van der Waals surface area (Å²) in [5, 5.41) is 4.44. The van der Waals surface area contributed by atoms with E-state index >= 15 is 0 Å². The average molecular weight is 424 g/mol. The molecule has 158 valence electrons. The van der Waals surface area contributed by atoms with Crippen molar-refractivity contribution in [3.05, 3.63) is 60.7 Å². The second kappa shape index (κ2) is 7.08. The Balaban J connectivity index is 1.52. The number of nitrogens with two attached hydrogens (primary N) is 1. The van der Waals surface area contributed by atoms with E-state index in [-0.39, 0.29) is 17.7 Å². The van der Waals surface area contributed by atoms with Crippen LogP contribution in [0, 0.1) is 0 Å². The van der Waals surface area contributed by atoms with Crippen molar-refractivity contribution in [1.29, 1.82) is 0 Å². The number of alkyl halides is 2. The molecule has 3 aromatic heterocycles. The maximum absolute atomic E-state index is 13.4. The highest BCUT2D eigenvalue weighted by molar-refractivity contribution is 6.09. The molecule has 0 aliphatic carbocycles. The van der Waals surface area contributed by atoms with Crippen molar-refractivity contribution in [3.8, 4) is 16.9 Å². The van der Waals surface area contributed by atoms with Gasteiger partial charge in [-0.3, -0.25) is 9.48 Å². The minimum Gasteiger partial charge on any atom is -0.435 e. The quantitative estimate of drug-likeness (QED) is 0.541. The van der Waals surface area contributed by atoms with E-state index in [1.165, 1.54) is 12.1 Å². The second-order valence-corrected chi connectivity index (χ2v) is 7.34. The molecule has 0 unspecified atom stereocenters. The number of nitrogen functional groups attached to an aromatic ring is 1. The molecule has 4 heterocycles. The molecular weight excluding hydrogens is 406 g/mol. The van der Waals surface area contributed by atoms with Crippen LogP contribution in [-0.2, 0) is 0 Å². The number of rotatable bonds is 4. The SMILES string of the molecule is C[C@H]1CN(c2ccc(OC(F)F)cc2)C(=O)c2c(-c3ccc4nc(N)cn4c3)cnn21. The highest BCUT2D eigenvalue weighted by atomic mass is 19.3. The lowest BCUT2D eigenvalue weighted by Crippen LogP contribution is -2.42. The van der Waals surface area contributed by atoms with Crippen molar-refractivity contribution >= 4 is 23.1 Å². The van der Waals surface area contributed by atoms with Gasteiger partial charge in [0.1, 0.15) is 22.9 Å². The third-order valence-corrected chi connectivity index (χ3v) is 5.26. The Bertz CT molecular complexity index is 1280. The van der Waals surface area contributed by atoms with Crippen LogP contribution in [0.1, 0.15) is 23.5 Å². The third kappa shape index (κ3) is 3.25. The maximum Gasteiger partial charge on any atom is 0.387 e. The van der Waals surface area contributed by atoms with Crippen molar-refractivity contribution in [2.45, 2.75) is 19.6 Å². The minimum absolute atomic E-state index is 0.0369. The summed E-state index contributed by atoms with van der Waals surface area (Å²) < 4.78 is 32.7. The molecule has 8 nitrogen and oxygen atoms in total. The van der Waals surface area contributed by atoms with Gasteiger partial charge in [0, 0.05) is 29.6 Å². The lowest BCUT2D eigenvalue weighted by atomic mass is 10.0. The Hall–Kier alpha value is -3.95. The summed E-state index contributed by atoms with van der Waals surface area (Å²) in [6.45, 7) is -0.532. The van der Waals surface area contributed by atoms with Crippen LogP contribution in [0.15, 0.2) is 55.0 Å². The largest absolute Gasteiger partial charge is 0.435 e. The fraction of sp³-hybridized carbons (Fsp3) is 0.190. The first-order valence-electron chi connectivity index (χ1n) is 9.59. The van der Waals surface area contributed by atoms with Crippen molar-refractivity contribution in [1.82, 2.24) is 19.2 Å². The normalized spacial score (nSPS) is 16.2. The highest BCUT2D eigenvalue weighted by Gasteiger charge is 2.33. The summed E-state index contributed by atoms with van der Waals surface area (Å²) in [5.41, 5.74) is 9.01. The monoisotopic (exact) mass is 424 g/mol. The Morgan fingerprint density at radius 3 is 2.68 bits per heavy atom. The molecule has 0 fully saturated rings. The molecule has 1 aliphatic rings. The number of amides is 1. The number of hydrogen-bond donors (Lipinski definition) is 1. The first-order chi connectivity index (χ1) is 14.9. The number of carbonyl (C=O) groups is 1. The number of nitrogens with zero attached hydrogens (tertiary/aromatic N) is 5. The van der Waals surface area contributed by atoms with Gasteiger partial charge in [-0.15, -0.1) is 0 Å². The summed E-state index contributed by atoms with van der Waals surface area (Å²) in [6.07, 6.45) is 5.23. The van der Waals surface area contributed by atoms with E-state index in [0.717, 1.165) is 5.56 Å².